The van der Waals surface area contributed by atoms with Crippen LogP contribution in [0.3, 0.4) is 0 Å². The molecule has 1 atom stereocenters. The van der Waals surface area contributed by atoms with E-state index in [4.69, 9.17) is 5.73 Å². The molecule has 2 aromatic carbocycles. The number of para-hydroxylation sites is 1. The van der Waals surface area contributed by atoms with Gasteiger partial charge < -0.3 is 5.73 Å². The molecular formula is C18H16FN5. The van der Waals surface area contributed by atoms with Crippen molar-refractivity contribution in [3.05, 3.63) is 77.1 Å². The Kier molecular flexibility index (Phi) is 3.46. The third-order valence-corrected chi connectivity index (χ3v) is 4.12. The van der Waals surface area contributed by atoms with Crippen molar-refractivity contribution < 1.29 is 4.39 Å². The minimum Gasteiger partial charge on any atom is -0.303 e. The number of hydrogen-bond acceptors (Lipinski definition) is 4. The maximum absolute atomic E-state index is 13.3. The lowest BCUT2D eigenvalue weighted by atomic mass is 10.0. The van der Waals surface area contributed by atoms with Crippen LogP contribution in [-0.4, -0.2) is 20.5 Å². The van der Waals surface area contributed by atoms with E-state index in [0.717, 1.165) is 34.8 Å². The number of rotatable bonds is 2. The molecule has 0 aliphatic carbocycles. The van der Waals surface area contributed by atoms with Crippen molar-refractivity contribution in [3.63, 3.8) is 0 Å². The zero-order valence-corrected chi connectivity index (χ0v) is 13.1. The molecule has 5 nitrogen and oxygen atoms in total. The number of aryl methyl sites for hydroxylation is 1. The fourth-order valence-corrected chi connectivity index (χ4v) is 2.99. The van der Waals surface area contributed by atoms with Gasteiger partial charge in [0.05, 0.1) is 11.4 Å². The molecule has 24 heavy (non-hydrogen) atoms. The molecule has 0 saturated carbocycles. The van der Waals surface area contributed by atoms with Gasteiger partial charge in [0.25, 0.3) is 0 Å². The Morgan fingerprint density at radius 2 is 1.83 bits per heavy atom. The smallest absolute Gasteiger partial charge is 0.177 e. The summed E-state index contributed by atoms with van der Waals surface area (Å²) in [5.74, 6) is 1.16. The van der Waals surface area contributed by atoms with E-state index in [-0.39, 0.29) is 5.82 Å². The number of benzene rings is 2. The molecule has 0 spiro atoms. The summed E-state index contributed by atoms with van der Waals surface area (Å²) in [6.45, 7) is 2.03. The Hall–Kier alpha value is -2.86. The van der Waals surface area contributed by atoms with Gasteiger partial charge >= 0.3 is 0 Å². The van der Waals surface area contributed by atoms with Crippen molar-refractivity contribution in [2.24, 2.45) is 10.7 Å². The summed E-state index contributed by atoms with van der Waals surface area (Å²) in [6, 6.07) is 14.2. The third kappa shape index (κ3) is 2.23. The lowest BCUT2D eigenvalue weighted by Crippen LogP contribution is -2.14. The summed E-state index contributed by atoms with van der Waals surface area (Å²) < 4.78 is 15.3. The molecule has 2 N–H and O–H groups in total. The van der Waals surface area contributed by atoms with E-state index in [9.17, 15) is 4.39 Å². The van der Waals surface area contributed by atoms with Crippen LogP contribution in [0, 0.1) is 5.82 Å². The minimum atomic E-state index is -0.634. The Balaban J connectivity index is 1.99. The summed E-state index contributed by atoms with van der Waals surface area (Å²) in [7, 11) is 0. The van der Waals surface area contributed by atoms with Crippen LogP contribution in [0.1, 0.15) is 35.9 Å². The maximum atomic E-state index is 13.3. The number of hydrogen-bond donors (Lipinski definition) is 1. The second-order valence-electron chi connectivity index (χ2n) is 5.61. The highest BCUT2D eigenvalue weighted by Gasteiger charge is 2.26. The molecule has 0 bridgehead atoms. The van der Waals surface area contributed by atoms with Gasteiger partial charge in [0.15, 0.2) is 12.0 Å². The fourth-order valence-electron chi connectivity index (χ4n) is 2.99. The predicted octanol–water partition coefficient (Wildman–Crippen LogP) is 2.78. The van der Waals surface area contributed by atoms with Crippen LogP contribution in [-0.2, 0) is 6.42 Å². The zero-order valence-electron chi connectivity index (χ0n) is 13.1. The molecule has 120 valence electrons. The van der Waals surface area contributed by atoms with Crippen molar-refractivity contribution >= 4 is 5.71 Å². The summed E-state index contributed by atoms with van der Waals surface area (Å²) in [5, 5.41) is 8.46. The van der Waals surface area contributed by atoms with Crippen molar-refractivity contribution in [1.82, 2.24) is 14.8 Å². The lowest BCUT2D eigenvalue weighted by molar-refractivity contribution is 0.627. The fraction of sp³-hybridized carbons (Fsp3) is 0.167. The molecule has 2 heterocycles. The van der Waals surface area contributed by atoms with E-state index in [0.29, 0.717) is 5.82 Å². The van der Waals surface area contributed by atoms with Crippen LogP contribution in [0.5, 0.6) is 0 Å². The van der Waals surface area contributed by atoms with Gasteiger partial charge in [-0.05, 0) is 30.3 Å². The SMILES string of the molecule is CCc1nnc2n1-c1ccccc1C(c1ccc(F)cc1)=NC2N. The zero-order chi connectivity index (χ0) is 16.7. The van der Waals surface area contributed by atoms with Gasteiger partial charge in [-0.15, -0.1) is 10.2 Å². The van der Waals surface area contributed by atoms with Crippen molar-refractivity contribution in [2.75, 3.05) is 0 Å². The van der Waals surface area contributed by atoms with Gasteiger partial charge in [0.1, 0.15) is 11.6 Å². The Labute approximate surface area is 138 Å². The molecule has 6 heteroatoms. The highest BCUT2D eigenvalue weighted by Crippen LogP contribution is 2.28. The van der Waals surface area contributed by atoms with Crippen LogP contribution in [0.15, 0.2) is 53.5 Å². The molecule has 3 aromatic rings. The van der Waals surface area contributed by atoms with Crippen LogP contribution < -0.4 is 5.73 Å². The first kappa shape index (κ1) is 14.7. The molecule has 4 rings (SSSR count). The number of nitrogens with zero attached hydrogens (tertiary/aromatic N) is 4. The van der Waals surface area contributed by atoms with Gasteiger partial charge in [-0.2, -0.15) is 0 Å². The van der Waals surface area contributed by atoms with Gasteiger partial charge in [-0.25, -0.2) is 4.39 Å². The highest BCUT2D eigenvalue weighted by molar-refractivity contribution is 6.15. The van der Waals surface area contributed by atoms with Gasteiger partial charge in [0, 0.05) is 17.5 Å². The first-order valence-corrected chi connectivity index (χ1v) is 7.82. The van der Waals surface area contributed by atoms with Gasteiger partial charge in [-0.1, -0.05) is 25.1 Å². The lowest BCUT2D eigenvalue weighted by Gasteiger charge is -2.12. The molecule has 1 aliphatic rings. The van der Waals surface area contributed by atoms with Crippen LogP contribution in [0.25, 0.3) is 5.69 Å². The van der Waals surface area contributed by atoms with Crippen LogP contribution >= 0.6 is 0 Å². The largest absolute Gasteiger partial charge is 0.303 e. The monoisotopic (exact) mass is 321 g/mol. The average molecular weight is 321 g/mol. The van der Waals surface area contributed by atoms with Crippen LogP contribution in [0.4, 0.5) is 4.39 Å². The van der Waals surface area contributed by atoms with E-state index >= 15 is 0 Å². The van der Waals surface area contributed by atoms with Gasteiger partial charge in [-0.3, -0.25) is 9.56 Å². The first-order valence-electron chi connectivity index (χ1n) is 7.82. The maximum Gasteiger partial charge on any atom is 0.177 e. The molecule has 1 aliphatic heterocycles. The minimum absolute atomic E-state index is 0.282. The predicted molar refractivity (Wildman–Crippen MR) is 89.7 cm³/mol. The third-order valence-electron chi connectivity index (χ3n) is 4.12. The first-order chi connectivity index (χ1) is 11.7. The average Bonchev–Trinajstić information content (AvgIpc) is 2.99. The molecule has 1 unspecified atom stereocenters. The summed E-state index contributed by atoms with van der Waals surface area (Å²) >= 11 is 0. The second kappa shape index (κ2) is 5.65. The molecule has 0 fully saturated rings. The second-order valence-corrected chi connectivity index (χ2v) is 5.61. The quantitative estimate of drug-likeness (QED) is 0.789. The molecule has 0 amide bonds. The standard InChI is InChI=1S/C18H16FN5/c1-2-15-22-23-18-17(20)21-16(11-7-9-12(19)10-8-11)13-5-3-4-6-14(13)24(15)18/h3-10,17H,2,20H2,1H3. The van der Waals surface area contributed by atoms with Crippen molar-refractivity contribution in [2.45, 2.75) is 19.5 Å². The van der Waals surface area contributed by atoms with E-state index in [1.165, 1.54) is 12.1 Å². The Morgan fingerprint density at radius 3 is 2.58 bits per heavy atom. The molecule has 1 aromatic heterocycles. The number of halogens is 1. The number of nitrogens with two attached hydrogens (primary N) is 1. The van der Waals surface area contributed by atoms with Crippen LogP contribution in [0.2, 0.25) is 0 Å². The summed E-state index contributed by atoms with van der Waals surface area (Å²) in [4.78, 5) is 4.65. The number of aliphatic imine (C=N–C) groups is 1. The van der Waals surface area contributed by atoms with E-state index < -0.39 is 6.17 Å². The Bertz CT molecular complexity index is 927. The van der Waals surface area contributed by atoms with Crippen molar-refractivity contribution in [3.8, 4) is 5.69 Å². The molecule has 0 saturated heterocycles. The highest BCUT2D eigenvalue weighted by atomic mass is 19.1. The number of aromatic nitrogens is 3. The number of fused-ring (bicyclic) bond motifs is 3. The van der Waals surface area contributed by atoms with E-state index in [1.807, 2.05) is 35.8 Å². The topological polar surface area (TPSA) is 69.1 Å². The Morgan fingerprint density at radius 1 is 1.08 bits per heavy atom. The normalized spacial score (nSPS) is 16.1. The van der Waals surface area contributed by atoms with Gasteiger partial charge in [0.2, 0.25) is 0 Å². The summed E-state index contributed by atoms with van der Waals surface area (Å²) in [6.07, 6.45) is 0.102. The van der Waals surface area contributed by atoms with E-state index in [2.05, 4.69) is 15.2 Å². The summed E-state index contributed by atoms with van der Waals surface area (Å²) in [5.41, 5.74) is 9.67. The molecule has 0 radical (unpaired) electrons. The van der Waals surface area contributed by atoms with E-state index in [1.54, 1.807) is 12.1 Å². The van der Waals surface area contributed by atoms with Crippen molar-refractivity contribution in [1.29, 1.82) is 0 Å². The molecular weight excluding hydrogens is 305 g/mol.